The van der Waals surface area contributed by atoms with E-state index in [1.54, 1.807) is 0 Å². The predicted molar refractivity (Wildman–Crippen MR) is 59.7 cm³/mol. The topological polar surface area (TPSA) is 3.24 Å². The SMILES string of the molecule is CC1=CCN(Cc2ccccc2)C=C1. The van der Waals surface area contributed by atoms with Gasteiger partial charge in [-0.25, -0.2) is 0 Å². The molecule has 0 radical (unpaired) electrons. The van der Waals surface area contributed by atoms with Gasteiger partial charge in [-0.2, -0.15) is 0 Å². The summed E-state index contributed by atoms with van der Waals surface area (Å²) in [5.41, 5.74) is 2.72. The minimum absolute atomic E-state index is 1.00. The first kappa shape index (κ1) is 9.07. The quantitative estimate of drug-likeness (QED) is 0.684. The first-order valence-electron chi connectivity index (χ1n) is 4.97. The number of hydrogen-bond donors (Lipinski definition) is 0. The second-order valence-corrected chi connectivity index (χ2v) is 3.68. The zero-order chi connectivity index (χ0) is 9.80. The van der Waals surface area contributed by atoms with Crippen molar-refractivity contribution in [1.29, 1.82) is 0 Å². The van der Waals surface area contributed by atoms with Crippen LogP contribution in [0.25, 0.3) is 0 Å². The Morgan fingerprint density at radius 2 is 2.00 bits per heavy atom. The fourth-order valence-corrected chi connectivity index (χ4v) is 1.55. The number of benzene rings is 1. The standard InChI is InChI=1S/C13H15N/c1-12-7-9-14(10-8-12)11-13-5-3-2-4-6-13/h2-9H,10-11H2,1H3. The molecule has 2 rings (SSSR count). The van der Waals surface area contributed by atoms with Gasteiger partial charge < -0.3 is 4.90 Å². The predicted octanol–water partition coefficient (Wildman–Crippen LogP) is 2.96. The van der Waals surface area contributed by atoms with Gasteiger partial charge in [0.15, 0.2) is 0 Å². The van der Waals surface area contributed by atoms with Crippen LogP contribution in [0.4, 0.5) is 0 Å². The molecule has 0 aliphatic carbocycles. The Kier molecular flexibility index (Phi) is 2.68. The molecule has 1 heterocycles. The van der Waals surface area contributed by atoms with Crippen molar-refractivity contribution in [2.45, 2.75) is 13.5 Å². The van der Waals surface area contributed by atoms with Gasteiger partial charge in [0.05, 0.1) is 0 Å². The van der Waals surface area contributed by atoms with E-state index in [1.165, 1.54) is 11.1 Å². The van der Waals surface area contributed by atoms with Crippen molar-refractivity contribution in [3.8, 4) is 0 Å². The van der Waals surface area contributed by atoms with Crippen molar-refractivity contribution in [3.63, 3.8) is 0 Å². The van der Waals surface area contributed by atoms with Gasteiger partial charge in [0.2, 0.25) is 0 Å². The molecule has 72 valence electrons. The summed E-state index contributed by atoms with van der Waals surface area (Å²) < 4.78 is 0. The first-order chi connectivity index (χ1) is 6.84. The molecule has 1 heteroatoms. The van der Waals surface area contributed by atoms with Crippen LogP contribution in [0.3, 0.4) is 0 Å². The number of allylic oxidation sites excluding steroid dienone is 2. The zero-order valence-corrected chi connectivity index (χ0v) is 8.48. The van der Waals surface area contributed by atoms with Gasteiger partial charge in [-0.05, 0) is 24.8 Å². The van der Waals surface area contributed by atoms with E-state index < -0.39 is 0 Å². The van der Waals surface area contributed by atoms with Gasteiger partial charge in [-0.1, -0.05) is 42.0 Å². The Hall–Kier alpha value is -1.50. The molecule has 0 atom stereocenters. The molecule has 1 aromatic rings. The van der Waals surface area contributed by atoms with Crippen LogP contribution in [0.2, 0.25) is 0 Å². The lowest BCUT2D eigenvalue weighted by molar-refractivity contribution is 0.404. The smallest absolute Gasteiger partial charge is 0.0427 e. The molecule has 0 saturated carbocycles. The molecular formula is C13H15N. The van der Waals surface area contributed by atoms with Crippen molar-refractivity contribution < 1.29 is 0 Å². The van der Waals surface area contributed by atoms with Gasteiger partial charge in [0.1, 0.15) is 0 Å². The van der Waals surface area contributed by atoms with Crippen LogP contribution in [0.5, 0.6) is 0 Å². The normalized spacial score (nSPS) is 15.5. The van der Waals surface area contributed by atoms with E-state index in [0.29, 0.717) is 0 Å². The monoisotopic (exact) mass is 185 g/mol. The molecule has 1 aliphatic rings. The summed E-state index contributed by atoms with van der Waals surface area (Å²) in [5.74, 6) is 0. The average molecular weight is 185 g/mol. The largest absolute Gasteiger partial charge is 0.369 e. The van der Waals surface area contributed by atoms with Gasteiger partial charge in [0.25, 0.3) is 0 Å². The third-order valence-corrected chi connectivity index (χ3v) is 2.42. The molecule has 1 aromatic carbocycles. The number of nitrogens with zero attached hydrogens (tertiary/aromatic N) is 1. The molecule has 0 fully saturated rings. The lowest BCUT2D eigenvalue weighted by atomic mass is 10.2. The maximum atomic E-state index is 2.31. The lowest BCUT2D eigenvalue weighted by Gasteiger charge is -2.21. The molecule has 0 N–H and O–H groups in total. The first-order valence-corrected chi connectivity index (χ1v) is 4.97. The van der Waals surface area contributed by atoms with E-state index in [4.69, 9.17) is 0 Å². The van der Waals surface area contributed by atoms with Crippen LogP contribution >= 0.6 is 0 Å². The van der Waals surface area contributed by atoms with Gasteiger partial charge in [0, 0.05) is 13.1 Å². The molecule has 1 aliphatic heterocycles. The summed E-state index contributed by atoms with van der Waals surface area (Å²) in [5, 5.41) is 0. The Morgan fingerprint density at radius 3 is 2.64 bits per heavy atom. The molecule has 0 spiro atoms. The van der Waals surface area contributed by atoms with Crippen molar-refractivity contribution in [3.05, 3.63) is 59.8 Å². The minimum Gasteiger partial charge on any atom is -0.369 e. The van der Waals surface area contributed by atoms with Crippen molar-refractivity contribution in [1.82, 2.24) is 4.90 Å². The van der Waals surface area contributed by atoms with Crippen LogP contribution in [0.15, 0.2) is 54.3 Å². The van der Waals surface area contributed by atoms with E-state index in [0.717, 1.165) is 13.1 Å². The summed E-state index contributed by atoms with van der Waals surface area (Å²) >= 11 is 0. The van der Waals surface area contributed by atoms with Crippen LogP contribution < -0.4 is 0 Å². The number of hydrogen-bond acceptors (Lipinski definition) is 1. The average Bonchev–Trinajstić information content (AvgIpc) is 2.23. The fraction of sp³-hybridized carbons (Fsp3) is 0.231. The van der Waals surface area contributed by atoms with Crippen molar-refractivity contribution >= 4 is 0 Å². The molecule has 0 unspecified atom stereocenters. The Bertz CT molecular complexity index is 349. The lowest BCUT2D eigenvalue weighted by Crippen LogP contribution is -2.18. The summed E-state index contributed by atoms with van der Waals surface area (Å²) in [7, 11) is 0. The van der Waals surface area contributed by atoms with E-state index in [9.17, 15) is 0 Å². The molecule has 0 aromatic heterocycles. The maximum Gasteiger partial charge on any atom is 0.0427 e. The molecule has 0 amide bonds. The van der Waals surface area contributed by atoms with E-state index in [2.05, 4.69) is 60.5 Å². The van der Waals surface area contributed by atoms with E-state index in [-0.39, 0.29) is 0 Å². The Labute approximate surface area is 85.4 Å². The molecule has 14 heavy (non-hydrogen) atoms. The van der Waals surface area contributed by atoms with Crippen LogP contribution in [-0.2, 0) is 6.54 Å². The third-order valence-electron chi connectivity index (χ3n) is 2.42. The van der Waals surface area contributed by atoms with Gasteiger partial charge in [-0.15, -0.1) is 0 Å². The minimum atomic E-state index is 1.00. The van der Waals surface area contributed by atoms with Crippen molar-refractivity contribution in [2.75, 3.05) is 6.54 Å². The highest BCUT2D eigenvalue weighted by Crippen LogP contribution is 2.10. The van der Waals surface area contributed by atoms with Crippen LogP contribution in [0.1, 0.15) is 12.5 Å². The zero-order valence-electron chi connectivity index (χ0n) is 8.48. The highest BCUT2D eigenvalue weighted by molar-refractivity contribution is 5.21. The second kappa shape index (κ2) is 4.14. The molecule has 0 saturated heterocycles. The van der Waals surface area contributed by atoms with E-state index in [1.807, 2.05) is 0 Å². The summed E-state index contributed by atoms with van der Waals surface area (Å²) in [6.07, 6.45) is 6.58. The Morgan fingerprint density at radius 1 is 1.21 bits per heavy atom. The van der Waals surface area contributed by atoms with Gasteiger partial charge >= 0.3 is 0 Å². The highest BCUT2D eigenvalue weighted by Gasteiger charge is 2.02. The second-order valence-electron chi connectivity index (χ2n) is 3.68. The summed E-state index contributed by atoms with van der Waals surface area (Å²) in [4.78, 5) is 2.31. The molecular weight excluding hydrogens is 170 g/mol. The van der Waals surface area contributed by atoms with Gasteiger partial charge in [-0.3, -0.25) is 0 Å². The van der Waals surface area contributed by atoms with Crippen LogP contribution in [-0.4, -0.2) is 11.4 Å². The maximum absolute atomic E-state index is 2.31. The fourth-order valence-electron chi connectivity index (χ4n) is 1.55. The summed E-state index contributed by atoms with van der Waals surface area (Å²) in [6, 6.07) is 10.6. The summed E-state index contributed by atoms with van der Waals surface area (Å²) in [6.45, 7) is 4.16. The van der Waals surface area contributed by atoms with E-state index >= 15 is 0 Å². The number of rotatable bonds is 2. The Balaban J connectivity index is 1.98. The highest BCUT2D eigenvalue weighted by atomic mass is 15.1. The van der Waals surface area contributed by atoms with Crippen LogP contribution in [0, 0.1) is 0 Å². The molecule has 1 nitrogen and oxygen atoms in total. The molecule has 0 bridgehead atoms. The third kappa shape index (κ3) is 2.25. The van der Waals surface area contributed by atoms with Crippen molar-refractivity contribution in [2.24, 2.45) is 0 Å².